The number of unbranched alkanes of at least 4 members (excludes halogenated alkanes) is 22. The van der Waals surface area contributed by atoms with Gasteiger partial charge in [0.25, 0.3) is 0 Å². The van der Waals surface area contributed by atoms with Gasteiger partial charge in [-0.2, -0.15) is 0 Å². The molecule has 0 N–H and O–H groups in total. The summed E-state index contributed by atoms with van der Waals surface area (Å²) in [4.78, 5) is 25.1. The molecule has 0 saturated carbocycles. The van der Waals surface area contributed by atoms with E-state index >= 15 is 0 Å². The van der Waals surface area contributed by atoms with Gasteiger partial charge in [-0.25, -0.2) is 0 Å². The molecule has 50 heavy (non-hydrogen) atoms. The van der Waals surface area contributed by atoms with Crippen molar-refractivity contribution >= 4 is 19.5 Å². The summed E-state index contributed by atoms with van der Waals surface area (Å²) in [5, 5.41) is 0. The molecular formula is C42H77O7P. The summed E-state index contributed by atoms with van der Waals surface area (Å²) >= 11 is 0. The van der Waals surface area contributed by atoms with Crippen molar-refractivity contribution in [2.75, 3.05) is 26.0 Å². The smallest absolute Gasteiger partial charge is 0.330 e. The van der Waals surface area contributed by atoms with Gasteiger partial charge >= 0.3 is 19.5 Å². The van der Waals surface area contributed by atoms with E-state index in [0.29, 0.717) is 26.1 Å². The first-order chi connectivity index (χ1) is 24.5. The fraction of sp³-hybridized carbons (Fsp3) is 0.857. The van der Waals surface area contributed by atoms with Gasteiger partial charge in [0.1, 0.15) is 12.7 Å². The van der Waals surface area contributed by atoms with Gasteiger partial charge in [-0.15, -0.1) is 0 Å². The molecule has 7 nitrogen and oxygen atoms in total. The zero-order valence-electron chi connectivity index (χ0n) is 32.5. The van der Waals surface area contributed by atoms with E-state index in [9.17, 15) is 14.2 Å². The number of rotatable bonds is 36. The van der Waals surface area contributed by atoms with Gasteiger partial charge in [0.2, 0.25) is 0 Å². The zero-order chi connectivity index (χ0) is 36.2. The fourth-order valence-corrected chi connectivity index (χ4v) is 7.82. The second-order valence-corrected chi connectivity index (χ2v) is 16.4. The highest BCUT2D eigenvalue weighted by Gasteiger charge is 2.31. The minimum absolute atomic E-state index is 0.0258. The standard InChI is InChI=1S/C42H77O7P/c1-3-5-7-9-11-13-15-17-19-21-23-25-27-29-31-33-41(43)46-39-40(35-38-50(45)47-36-37-48-50)49-42(44)34-32-30-28-26-24-22-20-18-16-14-12-10-8-6-4-2/h17-20,40H,3-16,21-39H2,1-2H3/b19-17-,20-18-/t40-/m0/s1. The van der Waals surface area contributed by atoms with Crippen LogP contribution >= 0.6 is 7.60 Å². The van der Waals surface area contributed by atoms with Crippen molar-refractivity contribution in [1.82, 2.24) is 0 Å². The average molecular weight is 725 g/mol. The molecule has 0 aromatic rings. The van der Waals surface area contributed by atoms with Crippen LogP contribution in [-0.4, -0.2) is 44.0 Å². The van der Waals surface area contributed by atoms with Crippen LogP contribution in [0.15, 0.2) is 24.3 Å². The first-order valence-electron chi connectivity index (χ1n) is 21.0. The number of esters is 2. The van der Waals surface area contributed by atoms with Crippen molar-refractivity contribution in [1.29, 1.82) is 0 Å². The van der Waals surface area contributed by atoms with Gasteiger partial charge in [-0.05, 0) is 70.6 Å². The number of allylic oxidation sites excluding steroid dienone is 4. The van der Waals surface area contributed by atoms with Crippen LogP contribution in [0.5, 0.6) is 0 Å². The lowest BCUT2D eigenvalue weighted by atomic mass is 10.1. The third-order valence-corrected chi connectivity index (χ3v) is 11.4. The summed E-state index contributed by atoms with van der Waals surface area (Å²) in [6, 6.07) is 0. The lowest BCUT2D eigenvalue weighted by molar-refractivity contribution is -0.159. The second kappa shape index (κ2) is 34.6. The van der Waals surface area contributed by atoms with Gasteiger partial charge in [0.15, 0.2) is 0 Å². The minimum Gasteiger partial charge on any atom is -0.462 e. The molecular weight excluding hydrogens is 647 g/mol. The lowest BCUT2D eigenvalue weighted by Gasteiger charge is -2.19. The van der Waals surface area contributed by atoms with Crippen molar-refractivity contribution in [2.45, 2.75) is 206 Å². The number of carbonyl (C=O) groups excluding carboxylic acids is 2. The number of ether oxygens (including phenoxy) is 2. The first-order valence-corrected chi connectivity index (χ1v) is 22.7. The summed E-state index contributed by atoms with van der Waals surface area (Å²) in [5.41, 5.74) is 0. The van der Waals surface area contributed by atoms with Gasteiger partial charge in [0, 0.05) is 12.8 Å². The van der Waals surface area contributed by atoms with Gasteiger partial charge in [-0.3, -0.25) is 14.2 Å². The summed E-state index contributed by atoms with van der Waals surface area (Å²) in [5.74, 6) is -0.576. The molecule has 1 atom stereocenters. The van der Waals surface area contributed by atoms with Gasteiger partial charge < -0.3 is 18.5 Å². The summed E-state index contributed by atoms with van der Waals surface area (Å²) in [7, 11) is -3.16. The van der Waals surface area contributed by atoms with Crippen LogP contribution in [0.2, 0.25) is 0 Å². The quantitative estimate of drug-likeness (QED) is 0.0275. The maximum Gasteiger partial charge on any atom is 0.330 e. The van der Waals surface area contributed by atoms with E-state index in [1.807, 2.05) is 0 Å². The van der Waals surface area contributed by atoms with Crippen LogP contribution < -0.4 is 0 Å². The van der Waals surface area contributed by atoms with Crippen LogP contribution in [0, 0.1) is 0 Å². The zero-order valence-corrected chi connectivity index (χ0v) is 33.4. The SMILES string of the molecule is CCCCCCCC/C=C\CCCCCCCC(=O)OC[C@H](CCP1(=O)OCCO1)OC(=O)CCCCCCC/C=C\CCCCCCCC. The van der Waals surface area contributed by atoms with Crippen LogP contribution in [0.3, 0.4) is 0 Å². The Balaban J connectivity index is 2.15. The van der Waals surface area contributed by atoms with Crippen LogP contribution in [0.4, 0.5) is 0 Å². The van der Waals surface area contributed by atoms with E-state index in [4.69, 9.17) is 18.5 Å². The Hall–Kier alpha value is -1.43. The van der Waals surface area contributed by atoms with Crippen molar-refractivity contribution in [2.24, 2.45) is 0 Å². The Morgan fingerprint density at radius 1 is 0.560 bits per heavy atom. The summed E-state index contributed by atoms with van der Waals surface area (Å²) in [6.07, 6.45) is 41.1. The van der Waals surface area contributed by atoms with Crippen molar-refractivity contribution in [3.05, 3.63) is 24.3 Å². The van der Waals surface area contributed by atoms with E-state index < -0.39 is 13.7 Å². The number of hydrogen-bond acceptors (Lipinski definition) is 7. The highest BCUT2D eigenvalue weighted by molar-refractivity contribution is 7.54. The molecule has 292 valence electrons. The summed E-state index contributed by atoms with van der Waals surface area (Å²) in [6.45, 7) is 5.10. The molecule has 1 rings (SSSR count). The molecule has 0 bridgehead atoms. The molecule has 0 radical (unpaired) electrons. The molecule has 0 aromatic carbocycles. The molecule has 0 spiro atoms. The van der Waals surface area contributed by atoms with Crippen LogP contribution in [-0.2, 0) is 32.7 Å². The predicted octanol–water partition coefficient (Wildman–Crippen LogP) is 13.1. The second-order valence-electron chi connectivity index (χ2n) is 14.3. The normalized spacial score (nSPS) is 14.9. The molecule has 1 saturated heterocycles. The predicted molar refractivity (Wildman–Crippen MR) is 209 cm³/mol. The van der Waals surface area contributed by atoms with E-state index in [1.54, 1.807) is 0 Å². The van der Waals surface area contributed by atoms with E-state index in [0.717, 1.165) is 51.4 Å². The van der Waals surface area contributed by atoms with Gasteiger partial charge in [0.05, 0.1) is 19.4 Å². The molecule has 1 aliphatic heterocycles. The van der Waals surface area contributed by atoms with Crippen LogP contribution in [0.25, 0.3) is 0 Å². The Morgan fingerprint density at radius 2 is 0.940 bits per heavy atom. The van der Waals surface area contributed by atoms with E-state index in [-0.39, 0.29) is 31.1 Å². The van der Waals surface area contributed by atoms with Crippen molar-refractivity contribution < 1.29 is 32.7 Å². The Bertz CT molecular complexity index is 893. The maximum atomic E-state index is 12.6. The third-order valence-electron chi connectivity index (χ3n) is 9.40. The maximum absolute atomic E-state index is 12.6. The number of hydrogen-bond donors (Lipinski definition) is 0. The minimum atomic E-state index is -3.16. The fourth-order valence-electron chi connectivity index (χ4n) is 6.18. The van der Waals surface area contributed by atoms with Crippen molar-refractivity contribution in [3.63, 3.8) is 0 Å². The Kier molecular flexibility index (Phi) is 32.3. The molecule has 0 aromatic heterocycles. The molecule has 0 amide bonds. The highest BCUT2D eigenvalue weighted by atomic mass is 31.2. The molecule has 0 aliphatic carbocycles. The average Bonchev–Trinajstić information content (AvgIpc) is 3.55. The largest absolute Gasteiger partial charge is 0.462 e. The molecule has 8 heteroatoms. The third kappa shape index (κ3) is 30.2. The van der Waals surface area contributed by atoms with Crippen LogP contribution in [0.1, 0.15) is 200 Å². The Labute approximate surface area is 308 Å². The lowest BCUT2D eigenvalue weighted by Crippen LogP contribution is -2.26. The topological polar surface area (TPSA) is 88.1 Å². The highest BCUT2D eigenvalue weighted by Crippen LogP contribution is 2.52. The molecule has 1 heterocycles. The van der Waals surface area contributed by atoms with E-state index in [2.05, 4.69) is 38.2 Å². The van der Waals surface area contributed by atoms with Crippen molar-refractivity contribution in [3.8, 4) is 0 Å². The molecule has 0 unspecified atom stereocenters. The van der Waals surface area contributed by atoms with Gasteiger partial charge in [-0.1, -0.05) is 141 Å². The summed E-state index contributed by atoms with van der Waals surface area (Å²) < 4.78 is 34.4. The van der Waals surface area contributed by atoms with E-state index in [1.165, 1.54) is 116 Å². The molecule has 1 fully saturated rings. The number of carbonyl (C=O) groups is 2. The molecule has 1 aliphatic rings. The first kappa shape index (κ1) is 46.6. The monoisotopic (exact) mass is 725 g/mol. The Morgan fingerprint density at radius 3 is 1.38 bits per heavy atom.